The number of nitrogen functional groups attached to an aromatic ring is 1. The number of fused-ring (bicyclic) bond motifs is 3. The molecule has 0 aliphatic carbocycles. The molecular weight excluding hydrogens is 596 g/mol. The molecule has 0 unspecified atom stereocenters. The van der Waals surface area contributed by atoms with Crippen LogP contribution in [0.4, 0.5) is 5.82 Å². The van der Waals surface area contributed by atoms with Crippen LogP contribution in [0.3, 0.4) is 0 Å². The highest BCUT2D eigenvalue weighted by Crippen LogP contribution is 2.45. The number of rotatable bonds is 6. The highest BCUT2D eigenvalue weighted by Gasteiger charge is 2.46. The van der Waals surface area contributed by atoms with Gasteiger partial charge in [0.25, 0.3) is 5.91 Å². The van der Waals surface area contributed by atoms with Gasteiger partial charge in [0, 0.05) is 47.1 Å². The van der Waals surface area contributed by atoms with Crippen molar-refractivity contribution in [3.8, 4) is 34.2 Å². The Morgan fingerprint density at radius 2 is 1.89 bits per heavy atom. The van der Waals surface area contributed by atoms with Gasteiger partial charge in [-0.3, -0.25) is 9.78 Å². The van der Waals surface area contributed by atoms with Crippen LogP contribution in [0.15, 0.2) is 53.9 Å². The first-order valence-electron chi connectivity index (χ1n) is 14.3. The molecular formula is C30H28N10O4S. The number of sulfone groups is 1. The highest BCUT2D eigenvalue weighted by molar-refractivity contribution is 7.91. The Morgan fingerprint density at radius 1 is 1.13 bits per heavy atom. The lowest BCUT2D eigenvalue weighted by Gasteiger charge is -2.38. The normalized spacial score (nSPS) is 19.5. The SMILES string of the molecule is COc1ccc(-c2ccc(-c3cnn4c(N)c(S(C)(=O)=O)c([C@H]5C[C@H]6CC[C@@H](C5)N6C(=O)c5nnc[nH]5)nc34)cn2)cc1C#N. The van der Waals surface area contributed by atoms with Gasteiger partial charge in [-0.15, -0.1) is 10.2 Å². The molecule has 0 saturated carbocycles. The van der Waals surface area contributed by atoms with Crippen LogP contribution in [0.1, 0.15) is 53.5 Å². The number of amides is 1. The molecule has 2 aliphatic heterocycles. The molecule has 1 amide bonds. The van der Waals surface area contributed by atoms with Gasteiger partial charge in [-0.05, 0) is 49.9 Å². The van der Waals surface area contributed by atoms with Crippen molar-refractivity contribution in [3.05, 3.63) is 66.1 Å². The average Bonchev–Trinajstić information content (AvgIpc) is 3.78. The summed E-state index contributed by atoms with van der Waals surface area (Å²) in [5, 5.41) is 21.5. The van der Waals surface area contributed by atoms with Crippen molar-refractivity contribution in [3.63, 3.8) is 0 Å². The molecule has 2 saturated heterocycles. The van der Waals surface area contributed by atoms with E-state index in [-0.39, 0.29) is 40.4 Å². The smallest absolute Gasteiger partial charge is 0.292 e. The highest BCUT2D eigenvalue weighted by atomic mass is 32.2. The average molecular weight is 625 g/mol. The van der Waals surface area contributed by atoms with Gasteiger partial charge in [-0.1, -0.05) is 6.07 Å². The van der Waals surface area contributed by atoms with Gasteiger partial charge in [0.15, 0.2) is 15.5 Å². The summed E-state index contributed by atoms with van der Waals surface area (Å²) in [5.41, 5.74) is 10.5. The van der Waals surface area contributed by atoms with Crippen molar-refractivity contribution in [2.75, 3.05) is 19.1 Å². The van der Waals surface area contributed by atoms with Gasteiger partial charge in [0.1, 0.15) is 28.9 Å². The summed E-state index contributed by atoms with van der Waals surface area (Å²) in [6.45, 7) is 0. The molecule has 2 aliphatic rings. The van der Waals surface area contributed by atoms with E-state index in [9.17, 15) is 18.5 Å². The molecule has 1 aromatic carbocycles. The van der Waals surface area contributed by atoms with E-state index in [1.165, 1.54) is 18.0 Å². The number of piperidine rings is 1. The summed E-state index contributed by atoms with van der Waals surface area (Å²) >= 11 is 0. The van der Waals surface area contributed by atoms with E-state index >= 15 is 0 Å². The van der Waals surface area contributed by atoms with Crippen molar-refractivity contribution in [1.82, 2.24) is 39.7 Å². The van der Waals surface area contributed by atoms with Crippen molar-refractivity contribution >= 4 is 27.2 Å². The fraction of sp³-hybridized carbons (Fsp3) is 0.300. The summed E-state index contributed by atoms with van der Waals surface area (Å²) in [7, 11) is -2.27. The number of methoxy groups -OCH3 is 1. The molecule has 2 bridgehead atoms. The van der Waals surface area contributed by atoms with Crippen LogP contribution in [0.2, 0.25) is 0 Å². The third kappa shape index (κ3) is 4.74. The van der Waals surface area contributed by atoms with Gasteiger partial charge >= 0.3 is 0 Å². The number of nitrogens with zero attached hydrogens (tertiary/aromatic N) is 8. The molecule has 4 aromatic heterocycles. The van der Waals surface area contributed by atoms with Gasteiger partial charge in [-0.2, -0.15) is 14.9 Å². The monoisotopic (exact) mass is 624 g/mol. The maximum absolute atomic E-state index is 13.2. The maximum atomic E-state index is 13.2. The summed E-state index contributed by atoms with van der Waals surface area (Å²) < 4.78 is 32.8. The van der Waals surface area contributed by atoms with Gasteiger partial charge < -0.3 is 20.4 Å². The zero-order chi connectivity index (χ0) is 31.5. The van der Waals surface area contributed by atoms with Crippen LogP contribution >= 0.6 is 0 Å². The Balaban J connectivity index is 1.26. The predicted molar refractivity (Wildman–Crippen MR) is 162 cm³/mol. The number of nitrogens with two attached hydrogens (primary N) is 1. The molecule has 2 fully saturated rings. The minimum Gasteiger partial charge on any atom is -0.495 e. The molecule has 7 rings (SSSR count). The fourth-order valence-electron chi connectivity index (χ4n) is 6.72. The number of H-pyrrole nitrogens is 1. The minimum atomic E-state index is -3.78. The number of anilines is 1. The Bertz CT molecular complexity index is 2090. The molecule has 6 heterocycles. The molecule has 0 spiro atoms. The van der Waals surface area contributed by atoms with Crippen molar-refractivity contribution in [2.45, 2.75) is 48.6 Å². The second-order valence-electron chi connectivity index (χ2n) is 11.3. The lowest BCUT2D eigenvalue weighted by molar-refractivity contribution is 0.0556. The zero-order valence-electron chi connectivity index (χ0n) is 24.4. The molecule has 0 radical (unpaired) electrons. The summed E-state index contributed by atoms with van der Waals surface area (Å²) in [6.07, 6.45) is 8.43. The van der Waals surface area contributed by atoms with E-state index < -0.39 is 9.84 Å². The first kappa shape index (κ1) is 28.4. The standard InChI is InChI=1S/C30H28N10O4S/c1-44-24-8-4-16(9-19(24)12-31)23-7-3-17(13-33-23)22-14-36-40-27(32)26(45(2,42)43)25(37-29(22)40)18-10-20-5-6-21(11-18)39(20)30(41)28-34-15-35-38-28/h3-4,7-9,13-15,18,20-21H,5-6,10-11,32H2,1-2H3,(H,34,35,38)/t18-,20+,21-. The van der Waals surface area contributed by atoms with E-state index in [1.807, 2.05) is 23.1 Å². The molecule has 15 heteroatoms. The third-order valence-electron chi connectivity index (χ3n) is 8.70. The molecule has 3 atom stereocenters. The first-order valence-corrected chi connectivity index (χ1v) is 16.2. The largest absolute Gasteiger partial charge is 0.495 e. The number of hydrogen-bond donors (Lipinski definition) is 2. The summed E-state index contributed by atoms with van der Waals surface area (Å²) in [6, 6.07) is 10.9. The third-order valence-corrected chi connectivity index (χ3v) is 9.86. The number of aromatic nitrogens is 7. The van der Waals surface area contributed by atoms with E-state index in [0.29, 0.717) is 52.3 Å². The molecule has 5 aromatic rings. The van der Waals surface area contributed by atoms with Crippen LogP contribution in [-0.2, 0) is 9.84 Å². The molecule has 3 N–H and O–H groups in total. The quantitative estimate of drug-likeness (QED) is 0.281. The topological polar surface area (TPSA) is 198 Å². The van der Waals surface area contributed by atoms with E-state index in [4.69, 9.17) is 15.5 Å². The van der Waals surface area contributed by atoms with Crippen molar-refractivity contribution in [2.24, 2.45) is 0 Å². The number of aromatic amines is 1. The number of nitriles is 1. The lowest BCUT2D eigenvalue weighted by Crippen LogP contribution is -2.46. The zero-order valence-corrected chi connectivity index (χ0v) is 25.2. The maximum Gasteiger partial charge on any atom is 0.292 e. The number of ether oxygens (including phenoxy) is 1. The molecule has 228 valence electrons. The first-order chi connectivity index (χ1) is 21.7. The molecule has 14 nitrogen and oxygen atoms in total. The Labute approximate surface area is 257 Å². The number of hydrogen-bond acceptors (Lipinski definition) is 11. The number of carbonyl (C=O) groups excluding carboxylic acids is 1. The minimum absolute atomic E-state index is 0.0110. The van der Waals surface area contributed by atoms with Crippen LogP contribution in [0.5, 0.6) is 5.75 Å². The molecule has 45 heavy (non-hydrogen) atoms. The number of pyridine rings is 1. The van der Waals surface area contributed by atoms with Crippen LogP contribution in [0, 0.1) is 11.3 Å². The fourth-order valence-corrected chi connectivity index (χ4v) is 7.78. The second kappa shape index (κ2) is 10.7. The Kier molecular flexibility index (Phi) is 6.73. The van der Waals surface area contributed by atoms with Gasteiger partial charge in [0.2, 0.25) is 5.82 Å². The predicted octanol–water partition coefficient (Wildman–Crippen LogP) is 2.99. The van der Waals surface area contributed by atoms with Crippen LogP contribution in [-0.4, -0.2) is 79.4 Å². The Morgan fingerprint density at radius 3 is 2.51 bits per heavy atom. The van der Waals surface area contributed by atoms with E-state index in [1.54, 1.807) is 24.5 Å². The van der Waals surface area contributed by atoms with Crippen LogP contribution < -0.4 is 10.5 Å². The van der Waals surface area contributed by atoms with Gasteiger partial charge in [0.05, 0.1) is 30.3 Å². The number of carbonyl (C=O) groups is 1. The second-order valence-corrected chi connectivity index (χ2v) is 13.3. The Hall–Kier alpha value is -5.36. The van der Waals surface area contributed by atoms with Gasteiger partial charge in [-0.25, -0.2) is 13.4 Å². The lowest BCUT2D eigenvalue weighted by atomic mass is 9.87. The van der Waals surface area contributed by atoms with E-state index in [2.05, 4.69) is 31.3 Å². The summed E-state index contributed by atoms with van der Waals surface area (Å²) in [4.78, 5) is 27.3. The summed E-state index contributed by atoms with van der Waals surface area (Å²) in [5.74, 6) is 0.204. The number of nitrogens with one attached hydrogen (secondary N) is 1. The van der Waals surface area contributed by atoms with Crippen molar-refractivity contribution < 1.29 is 17.9 Å². The van der Waals surface area contributed by atoms with Crippen molar-refractivity contribution in [1.29, 1.82) is 5.26 Å². The number of benzene rings is 1. The van der Waals surface area contributed by atoms with E-state index in [0.717, 1.165) is 24.7 Å². The van der Waals surface area contributed by atoms with Crippen LogP contribution in [0.25, 0.3) is 28.0 Å².